The van der Waals surface area contributed by atoms with Crippen molar-refractivity contribution in [2.75, 3.05) is 17.7 Å². The van der Waals surface area contributed by atoms with Crippen molar-refractivity contribution < 1.29 is 14.3 Å². The number of methoxy groups -OCH3 is 1. The lowest BCUT2D eigenvalue weighted by molar-refractivity contribution is 0.0600. The lowest BCUT2D eigenvalue weighted by atomic mass is 10.2. The van der Waals surface area contributed by atoms with Crippen LogP contribution in [0, 0.1) is 11.3 Å². The Morgan fingerprint density at radius 3 is 2.11 bits per heavy atom. The van der Waals surface area contributed by atoms with E-state index in [-0.39, 0.29) is 11.5 Å². The van der Waals surface area contributed by atoms with Gasteiger partial charge in [0.2, 0.25) is 5.95 Å². The first-order chi connectivity index (χ1) is 13.6. The molecule has 0 unspecified atom stereocenters. The summed E-state index contributed by atoms with van der Waals surface area (Å²) < 4.78 is 4.65. The van der Waals surface area contributed by atoms with Gasteiger partial charge in [0.1, 0.15) is 0 Å². The number of carbonyl (C=O) groups excluding carboxylic acids is 2. The third-order valence-electron chi connectivity index (χ3n) is 3.75. The van der Waals surface area contributed by atoms with Crippen molar-refractivity contribution in [3.05, 3.63) is 77.6 Å². The maximum absolute atomic E-state index is 12.2. The van der Waals surface area contributed by atoms with Crippen molar-refractivity contribution in [2.45, 2.75) is 0 Å². The molecule has 1 aromatic heterocycles. The first-order valence-corrected chi connectivity index (χ1v) is 8.18. The van der Waals surface area contributed by atoms with E-state index in [1.807, 2.05) is 6.07 Å². The number of anilines is 3. The summed E-state index contributed by atoms with van der Waals surface area (Å²) in [5.41, 5.74) is 2.48. The molecule has 0 saturated heterocycles. The fraction of sp³-hybridized carbons (Fsp3) is 0.0500. The number of ether oxygens (including phenoxy) is 1. The normalized spacial score (nSPS) is 9.86. The molecular formula is C20H15N5O3. The molecule has 1 heterocycles. The van der Waals surface area contributed by atoms with Gasteiger partial charge in [0.15, 0.2) is 0 Å². The topological polar surface area (TPSA) is 117 Å². The predicted molar refractivity (Wildman–Crippen MR) is 102 cm³/mol. The van der Waals surface area contributed by atoms with Gasteiger partial charge in [0, 0.05) is 23.8 Å². The first kappa shape index (κ1) is 18.5. The van der Waals surface area contributed by atoms with Crippen LogP contribution in [0.15, 0.2) is 60.9 Å². The van der Waals surface area contributed by atoms with Gasteiger partial charge in [-0.2, -0.15) is 5.26 Å². The van der Waals surface area contributed by atoms with E-state index in [1.165, 1.54) is 19.5 Å². The molecule has 0 aliphatic heterocycles. The summed E-state index contributed by atoms with van der Waals surface area (Å²) in [5, 5.41) is 14.5. The third kappa shape index (κ3) is 4.47. The monoisotopic (exact) mass is 373 g/mol. The SMILES string of the molecule is COC(=O)c1ccc(Nc2ncc(C(=O)Nc3ccc(C#N)cc3)cn2)cc1. The van der Waals surface area contributed by atoms with E-state index < -0.39 is 5.97 Å². The maximum Gasteiger partial charge on any atom is 0.337 e. The van der Waals surface area contributed by atoms with Crippen LogP contribution in [0.2, 0.25) is 0 Å². The molecule has 2 N–H and O–H groups in total. The van der Waals surface area contributed by atoms with Crippen LogP contribution in [-0.4, -0.2) is 29.0 Å². The number of carbonyl (C=O) groups is 2. The molecule has 3 aromatic rings. The van der Waals surface area contributed by atoms with Gasteiger partial charge in [0.25, 0.3) is 5.91 Å². The maximum atomic E-state index is 12.2. The molecule has 0 aliphatic carbocycles. The number of nitrogens with zero attached hydrogens (tertiary/aromatic N) is 3. The van der Waals surface area contributed by atoms with Crippen LogP contribution >= 0.6 is 0 Å². The zero-order chi connectivity index (χ0) is 19.9. The highest BCUT2D eigenvalue weighted by Gasteiger charge is 2.09. The molecule has 0 aliphatic rings. The van der Waals surface area contributed by atoms with Gasteiger partial charge in [-0.05, 0) is 48.5 Å². The number of aromatic nitrogens is 2. The number of amides is 1. The quantitative estimate of drug-likeness (QED) is 0.660. The number of hydrogen-bond acceptors (Lipinski definition) is 7. The highest BCUT2D eigenvalue weighted by atomic mass is 16.5. The van der Waals surface area contributed by atoms with Crippen LogP contribution in [0.3, 0.4) is 0 Å². The van der Waals surface area contributed by atoms with E-state index in [9.17, 15) is 9.59 Å². The summed E-state index contributed by atoms with van der Waals surface area (Å²) in [6.07, 6.45) is 2.80. The fourth-order valence-electron chi connectivity index (χ4n) is 2.28. The standard InChI is InChI=1S/C20H15N5O3/c1-28-19(27)14-4-8-17(9-5-14)25-20-22-11-15(12-23-20)18(26)24-16-6-2-13(10-21)3-7-16/h2-9,11-12H,1H3,(H,24,26)(H,22,23,25). The predicted octanol–water partition coefficient (Wildman–Crippen LogP) is 3.13. The van der Waals surface area contributed by atoms with Crippen molar-refractivity contribution in [3.8, 4) is 6.07 Å². The first-order valence-electron chi connectivity index (χ1n) is 8.18. The van der Waals surface area contributed by atoms with Crippen molar-refractivity contribution in [3.63, 3.8) is 0 Å². The second kappa shape index (κ2) is 8.42. The molecule has 0 radical (unpaired) electrons. The zero-order valence-corrected chi connectivity index (χ0v) is 14.8. The van der Waals surface area contributed by atoms with Crippen LogP contribution in [0.1, 0.15) is 26.3 Å². The Hall–Kier alpha value is -4.25. The minimum Gasteiger partial charge on any atom is -0.465 e. The van der Waals surface area contributed by atoms with Crippen LogP contribution < -0.4 is 10.6 Å². The molecule has 0 spiro atoms. The second-order valence-corrected chi connectivity index (χ2v) is 5.63. The van der Waals surface area contributed by atoms with Crippen LogP contribution in [0.5, 0.6) is 0 Å². The Kier molecular flexibility index (Phi) is 5.58. The van der Waals surface area contributed by atoms with Gasteiger partial charge in [-0.15, -0.1) is 0 Å². The molecule has 0 atom stereocenters. The zero-order valence-electron chi connectivity index (χ0n) is 14.8. The largest absolute Gasteiger partial charge is 0.465 e. The number of nitrogens with one attached hydrogen (secondary N) is 2. The van der Waals surface area contributed by atoms with E-state index >= 15 is 0 Å². The van der Waals surface area contributed by atoms with Gasteiger partial charge in [-0.3, -0.25) is 4.79 Å². The molecule has 0 saturated carbocycles. The fourth-order valence-corrected chi connectivity index (χ4v) is 2.28. The summed E-state index contributed by atoms with van der Waals surface area (Å²) in [6.45, 7) is 0. The highest BCUT2D eigenvalue weighted by Crippen LogP contribution is 2.15. The Morgan fingerprint density at radius 1 is 0.929 bits per heavy atom. The molecule has 8 nitrogen and oxygen atoms in total. The summed E-state index contributed by atoms with van der Waals surface area (Å²) in [6, 6.07) is 15.2. The average molecular weight is 373 g/mol. The average Bonchev–Trinajstić information content (AvgIpc) is 2.74. The van der Waals surface area contributed by atoms with Gasteiger partial charge in [0.05, 0.1) is 29.9 Å². The summed E-state index contributed by atoms with van der Waals surface area (Å²) in [4.78, 5) is 31.9. The van der Waals surface area contributed by atoms with E-state index in [4.69, 9.17) is 5.26 Å². The number of benzene rings is 2. The number of nitriles is 1. The van der Waals surface area contributed by atoms with E-state index in [0.29, 0.717) is 28.5 Å². The minimum absolute atomic E-state index is 0.288. The van der Waals surface area contributed by atoms with E-state index in [0.717, 1.165) is 0 Å². The lowest BCUT2D eigenvalue weighted by Crippen LogP contribution is -2.13. The minimum atomic E-state index is -0.416. The number of hydrogen-bond donors (Lipinski definition) is 2. The second-order valence-electron chi connectivity index (χ2n) is 5.63. The van der Waals surface area contributed by atoms with Gasteiger partial charge in [-0.1, -0.05) is 0 Å². The third-order valence-corrected chi connectivity index (χ3v) is 3.75. The molecule has 3 rings (SSSR count). The molecule has 28 heavy (non-hydrogen) atoms. The summed E-state index contributed by atoms with van der Waals surface area (Å²) in [5.74, 6) is -0.472. The van der Waals surface area contributed by atoms with Crippen LogP contribution in [0.25, 0.3) is 0 Å². The molecule has 138 valence electrons. The van der Waals surface area contributed by atoms with Gasteiger partial charge in [-0.25, -0.2) is 14.8 Å². The number of rotatable bonds is 5. The molecule has 0 fully saturated rings. The van der Waals surface area contributed by atoms with Gasteiger partial charge < -0.3 is 15.4 Å². The van der Waals surface area contributed by atoms with Crippen molar-refractivity contribution in [2.24, 2.45) is 0 Å². The van der Waals surface area contributed by atoms with Crippen LogP contribution in [-0.2, 0) is 4.74 Å². The molecule has 1 amide bonds. The summed E-state index contributed by atoms with van der Waals surface area (Å²) in [7, 11) is 1.32. The number of esters is 1. The lowest BCUT2D eigenvalue weighted by Gasteiger charge is -2.07. The van der Waals surface area contributed by atoms with E-state index in [2.05, 4.69) is 25.3 Å². The molecule has 0 bridgehead atoms. The van der Waals surface area contributed by atoms with E-state index in [1.54, 1.807) is 48.5 Å². The Labute approximate surface area is 160 Å². The molecule has 2 aromatic carbocycles. The summed E-state index contributed by atoms with van der Waals surface area (Å²) >= 11 is 0. The smallest absolute Gasteiger partial charge is 0.337 e. The Balaban J connectivity index is 1.63. The molecule has 8 heteroatoms. The Bertz CT molecular complexity index is 1020. The van der Waals surface area contributed by atoms with Crippen molar-refractivity contribution in [1.82, 2.24) is 9.97 Å². The highest BCUT2D eigenvalue weighted by molar-refractivity contribution is 6.03. The van der Waals surface area contributed by atoms with Crippen molar-refractivity contribution in [1.29, 1.82) is 5.26 Å². The van der Waals surface area contributed by atoms with Crippen LogP contribution in [0.4, 0.5) is 17.3 Å². The van der Waals surface area contributed by atoms with Gasteiger partial charge >= 0.3 is 5.97 Å². The van der Waals surface area contributed by atoms with Crippen molar-refractivity contribution >= 4 is 29.2 Å². The molecular weight excluding hydrogens is 358 g/mol. The Morgan fingerprint density at radius 2 is 1.54 bits per heavy atom.